The summed E-state index contributed by atoms with van der Waals surface area (Å²) >= 11 is 0. The molecule has 0 bridgehead atoms. The van der Waals surface area contributed by atoms with Crippen molar-refractivity contribution in [2.75, 3.05) is 17.4 Å². The molecule has 1 aliphatic heterocycles. The highest BCUT2D eigenvalue weighted by Gasteiger charge is 2.35. The fourth-order valence-corrected chi connectivity index (χ4v) is 6.16. The molecule has 1 N–H and O–H groups in total. The third-order valence-corrected chi connectivity index (χ3v) is 8.07. The number of benzene rings is 3. The van der Waals surface area contributed by atoms with Gasteiger partial charge in [0.1, 0.15) is 11.9 Å². The van der Waals surface area contributed by atoms with E-state index in [1.54, 1.807) is 44.2 Å². The van der Waals surface area contributed by atoms with E-state index in [2.05, 4.69) is 5.32 Å². The lowest BCUT2D eigenvalue weighted by Gasteiger charge is -2.29. The van der Waals surface area contributed by atoms with Crippen LogP contribution in [0.1, 0.15) is 32.3 Å². The molecule has 1 atom stereocenters. The van der Waals surface area contributed by atoms with Crippen LogP contribution in [0.4, 0.5) is 10.1 Å². The van der Waals surface area contributed by atoms with Crippen LogP contribution in [0.2, 0.25) is 0 Å². The molecule has 4 rings (SSSR count). The minimum atomic E-state index is -3.70. The van der Waals surface area contributed by atoms with Gasteiger partial charge in [0.25, 0.3) is 10.0 Å². The molecule has 0 unspecified atom stereocenters. The van der Waals surface area contributed by atoms with Gasteiger partial charge in [0.05, 0.1) is 10.6 Å². The van der Waals surface area contributed by atoms with E-state index in [1.807, 2.05) is 18.2 Å². The fraction of sp³-hybridized carbons (Fsp3) is 0.308. The highest BCUT2D eigenvalue weighted by Crippen LogP contribution is 2.42. The van der Waals surface area contributed by atoms with Crippen LogP contribution in [0.15, 0.2) is 65.6 Å². The van der Waals surface area contributed by atoms with Gasteiger partial charge >= 0.3 is 0 Å². The van der Waals surface area contributed by atoms with Gasteiger partial charge < -0.3 is 10.2 Å². The highest BCUT2D eigenvalue weighted by atomic mass is 32.2. The van der Waals surface area contributed by atoms with Crippen LogP contribution < -0.4 is 9.62 Å². The van der Waals surface area contributed by atoms with Crippen molar-refractivity contribution in [3.63, 3.8) is 0 Å². The van der Waals surface area contributed by atoms with Crippen molar-refractivity contribution >= 4 is 38.3 Å². The zero-order valence-electron chi connectivity index (χ0n) is 19.7. The van der Waals surface area contributed by atoms with Crippen LogP contribution in [0.25, 0.3) is 10.8 Å². The third-order valence-electron chi connectivity index (χ3n) is 6.22. The second-order valence-electron chi connectivity index (χ2n) is 8.53. The molecule has 35 heavy (non-hydrogen) atoms. The van der Waals surface area contributed by atoms with Gasteiger partial charge in [0.15, 0.2) is 0 Å². The first-order valence-corrected chi connectivity index (χ1v) is 13.0. The smallest absolute Gasteiger partial charge is 0.265 e. The number of carbonyl (C=O) groups is 2. The number of rotatable bonds is 9. The van der Waals surface area contributed by atoms with Crippen LogP contribution >= 0.6 is 0 Å². The number of hydrogen-bond acceptors (Lipinski definition) is 4. The number of anilines is 1. The Balaban J connectivity index is 1.49. The summed E-state index contributed by atoms with van der Waals surface area (Å²) in [7, 11) is -3.70. The van der Waals surface area contributed by atoms with Crippen LogP contribution in [-0.2, 0) is 26.2 Å². The Labute approximate surface area is 204 Å². The van der Waals surface area contributed by atoms with Crippen molar-refractivity contribution in [3.05, 3.63) is 72.0 Å². The average molecular weight is 498 g/mol. The lowest BCUT2D eigenvalue weighted by Crippen LogP contribution is -2.47. The number of nitrogens with one attached hydrogen (secondary N) is 1. The Morgan fingerprint density at radius 2 is 1.74 bits per heavy atom. The molecule has 9 heteroatoms. The van der Waals surface area contributed by atoms with Crippen LogP contribution in [0.3, 0.4) is 0 Å². The molecule has 184 valence electrons. The van der Waals surface area contributed by atoms with Crippen LogP contribution in [0, 0.1) is 5.82 Å². The highest BCUT2D eigenvalue weighted by molar-refractivity contribution is 7.93. The van der Waals surface area contributed by atoms with Crippen LogP contribution in [-0.4, -0.2) is 44.3 Å². The molecule has 0 saturated carbocycles. The molecule has 1 heterocycles. The van der Waals surface area contributed by atoms with E-state index in [1.165, 1.54) is 21.3 Å². The van der Waals surface area contributed by atoms with E-state index < -0.39 is 16.1 Å². The Hall–Kier alpha value is -3.46. The molecule has 0 spiro atoms. The van der Waals surface area contributed by atoms with Crippen molar-refractivity contribution in [3.8, 4) is 0 Å². The van der Waals surface area contributed by atoms with Crippen molar-refractivity contribution in [1.29, 1.82) is 0 Å². The third kappa shape index (κ3) is 4.86. The summed E-state index contributed by atoms with van der Waals surface area (Å²) in [6.45, 7) is 4.16. The Morgan fingerprint density at radius 3 is 2.43 bits per heavy atom. The molecule has 7 nitrogen and oxygen atoms in total. The second-order valence-corrected chi connectivity index (χ2v) is 10.4. The van der Waals surface area contributed by atoms with E-state index in [-0.39, 0.29) is 48.5 Å². The molecule has 1 aliphatic rings. The maximum absolute atomic E-state index is 13.3. The molecular weight excluding hydrogens is 469 g/mol. The van der Waals surface area contributed by atoms with Gasteiger partial charge in [-0.1, -0.05) is 36.4 Å². The van der Waals surface area contributed by atoms with Gasteiger partial charge in [-0.2, -0.15) is 0 Å². The summed E-state index contributed by atoms with van der Waals surface area (Å²) in [6.07, 6.45) is 0.341. The Bertz CT molecular complexity index is 1350. The zero-order chi connectivity index (χ0) is 25.2. The van der Waals surface area contributed by atoms with E-state index in [0.717, 1.165) is 5.39 Å². The van der Waals surface area contributed by atoms with Crippen molar-refractivity contribution in [1.82, 2.24) is 10.2 Å². The van der Waals surface area contributed by atoms with E-state index in [4.69, 9.17) is 0 Å². The SMILES string of the molecule is CCNC(=O)[C@@H](C)N(Cc1ccc(F)cc1)C(=O)CCCN1c2cccc3cccc(c23)S1(=O)=O. The standard InChI is InChI=1S/C26H28FN3O4S/c1-3-28-26(32)18(2)29(17-19-12-14-21(27)15-13-19)24(31)11-6-16-30-22-9-4-7-20-8-5-10-23(25(20)22)35(30,33)34/h4-5,7-10,12-15,18H,3,6,11,16-17H2,1-2H3,(H,28,32)/t18-/m1/s1. The second kappa shape index (κ2) is 10.0. The maximum atomic E-state index is 13.3. The van der Waals surface area contributed by atoms with Crippen molar-refractivity contribution in [2.45, 2.75) is 44.2 Å². The van der Waals surface area contributed by atoms with Gasteiger partial charge in [-0.15, -0.1) is 0 Å². The number of hydrogen-bond donors (Lipinski definition) is 1. The summed E-state index contributed by atoms with van der Waals surface area (Å²) in [5, 5.41) is 4.28. The minimum absolute atomic E-state index is 0.0588. The molecular formula is C26H28FN3O4S. The zero-order valence-corrected chi connectivity index (χ0v) is 20.5. The molecule has 3 aromatic carbocycles. The number of likely N-dealkylation sites (N-methyl/N-ethyl adjacent to an activating group) is 1. The predicted octanol–water partition coefficient (Wildman–Crippen LogP) is 3.82. The fourth-order valence-electron chi connectivity index (χ4n) is 4.41. The summed E-state index contributed by atoms with van der Waals surface area (Å²) in [5.41, 5.74) is 1.31. The maximum Gasteiger partial charge on any atom is 0.265 e. The average Bonchev–Trinajstić information content (AvgIpc) is 3.06. The molecule has 0 saturated heterocycles. The number of nitrogens with zero attached hydrogens (tertiary/aromatic N) is 2. The molecule has 2 amide bonds. The van der Waals surface area contributed by atoms with Crippen LogP contribution in [0.5, 0.6) is 0 Å². The number of amides is 2. The van der Waals surface area contributed by atoms with Gasteiger partial charge in [-0.05, 0) is 55.5 Å². The first kappa shape index (κ1) is 24.7. The van der Waals surface area contributed by atoms with Gasteiger partial charge in [-0.25, -0.2) is 12.8 Å². The largest absolute Gasteiger partial charge is 0.355 e. The predicted molar refractivity (Wildman–Crippen MR) is 133 cm³/mol. The first-order chi connectivity index (χ1) is 16.7. The van der Waals surface area contributed by atoms with E-state index in [0.29, 0.717) is 23.2 Å². The summed E-state index contributed by atoms with van der Waals surface area (Å²) < 4.78 is 41.0. The topological polar surface area (TPSA) is 86.8 Å². The van der Waals surface area contributed by atoms with E-state index in [9.17, 15) is 22.4 Å². The lowest BCUT2D eigenvalue weighted by molar-refractivity contribution is -0.140. The molecule has 0 fully saturated rings. The van der Waals surface area contributed by atoms with Gasteiger partial charge in [-0.3, -0.25) is 13.9 Å². The molecule has 0 aromatic heterocycles. The van der Waals surface area contributed by atoms with Gasteiger partial charge in [0.2, 0.25) is 11.8 Å². The molecule has 0 radical (unpaired) electrons. The summed E-state index contributed by atoms with van der Waals surface area (Å²) in [6, 6.07) is 15.7. The summed E-state index contributed by atoms with van der Waals surface area (Å²) in [4.78, 5) is 27.4. The summed E-state index contributed by atoms with van der Waals surface area (Å²) in [5.74, 6) is -0.946. The lowest BCUT2D eigenvalue weighted by atomic mass is 10.1. The number of carbonyl (C=O) groups excluding carboxylic acids is 2. The molecule has 3 aromatic rings. The van der Waals surface area contributed by atoms with Crippen molar-refractivity contribution in [2.24, 2.45) is 0 Å². The van der Waals surface area contributed by atoms with Gasteiger partial charge in [0, 0.05) is 31.4 Å². The normalized spacial score (nSPS) is 14.7. The Morgan fingerprint density at radius 1 is 1.06 bits per heavy atom. The monoisotopic (exact) mass is 497 g/mol. The minimum Gasteiger partial charge on any atom is -0.355 e. The molecule has 0 aliphatic carbocycles. The van der Waals surface area contributed by atoms with E-state index >= 15 is 0 Å². The number of halogens is 1. The number of sulfonamides is 1. The first-order valence-electron chi connectivity index (χ1n) is 11.6. The Kier molecular flexibility index (Phi) is 7.07. The van der Waals surface area contributed by atoms with Crippen molar-refractivity contribution < 1.29 is 22.4 Å². The quantitative estimate of drug-likeness (QED) is 0.487.